The van der Waals surface area contributed by atoms with Gasteiger partial charge in [0.15, 0.2) is 6.10 Å². The van der Waals surface area contributed by atoms with Gasteiger partial charge in [0.1, 0.15) is 5.75 Å². The summed E-state index contributed by atoms with van der Waals surface area (Å²) >= 11 is 0. The van der Waals surface area contributed by atoms with E-state index in [0.29, 0.717) is 31.7 Å². The van der Waals surface area contributed by atoms with Crippen molar-refractivity contribution in [2.45, 2.75) is 18.6 Å². The summed E-state index contributed by atoms with van der Waals surface area (Å²) in [6.07, 6.45) is -0.424. The first-order valence-corrected chi connectivity index (χ1v) is 10.2. The maximum Gasteiger partial charge on any atom is 0.339 e. The summed E-state index contributed by atoms with van der Waals surface area (Å²) in [7, 11) is 1.64. The Hall–Kier alpha value is -2.90. The molecule has 2 aliphatic heterocycles. The van der Waals surface area contributed by atoms with Gasteiger partial charge in [0, 0.05) is 26.1 Å². The molecule has 2 atom stereocenters. The first kappa shape index (κ1) is 20.4. The van der Waals surface area contributed by atoms with Crippen molar-refractivity contribution < 1.29 is 23.8 Å². The highest BCUT2D eigenvalue weighted by molar-refractivity contribution is 5.95. The van der Waals surface area contributed by atoms with Crippen LogP contribution in [0.5, 0.6) is 5.75 Å². The number of nitrogens with one attached hydrogen (secondary N) is 1. The number of rotatable bonds is 6. The lowest BCUT2D eigenvalue weighted by Crippen LogP contribution is -2.47. The summed E-state index contributed by atoms with van der Waals surface area (Å²) in [4.78, 5) is 27.4. The highest BCUT2D eigenvalue weighted by atomic mass is 16.5. The predicted molar refractivity (Wildman–Crippen MR) is 110 cm³/mol. The third-order valence-corrected chi connectivity index (χ3v) is 5.64. The van der Waals surface area contributed by atoms with Gasteiger partial charge < -0.3 is 19.5 Å². The molecule has 1 saturated heterocycles. The molecule has 0 bridgehead atoms. The third kappa shape index (κ3) is 4.47. The molecule has 0 unspecified atom stereocenters. The van der Waals surface area contributed by atoms with Gasteiger partial charge >= 0.3 is 5.97 Å². The van der Waals surface area contributed by atoms with E-state index in [1.165, 1.54) is 0 Å². The van der Waals surface area contributed by atoms with Crippen LogP contribution in [0.1, 0.15) is 27.5 Å². The van der Waals surface area contributed by atoms with Crippen LogP contribution in [0.4, 0.5) is 0 Å². The van der Waals surface area contributed by atoms with Gasteiger partial charge in [0.25, 0.3) is 5.91 Å². The van der Waals surface area contributed by atoms with E-state index in [2.05, 4.69) is 10.2 Å². The van der Waals surface area contributed by atoms with Crippen LogP contribution in [0, 0.1) is 0 Å². The second-order valence-corrected chi connectivity index (χ2v) is 7.44. The Balaban J connectivity index is 1.45. The molecule has 0 radical (unpaired) electrons. The van der Waals surface area contributed by atoms with Crippen molar-refractivity contribution in [3.05, 3.63) is 65.2 Å². The molecule has 7 nitrogen and oxygen atoms in total. The van der Waals surface area contributed by atoms with Crippen LogP contribution in [-0.4, -0.2) is 62.8 Å². The summed E-state index contributed by atoms with van der Waals surface area (Å²) in [6.45, 7) is 3.33. The van der Waals surface area contributed by atoms with Crippen molar-refractivity contribution >= 4 is 11.9 Å². The van der Waals surface area contributed by atoms with Crippen LogP contribution in [0.2, 0.25) is 0 Å². The molecule has 0 aliphatic carbocycles. The molecule has 0 saturated carbocycles. The number of fused-ring (bicyclic) bond motifs is 1. The van der Waals surface area contributed by atoms with Gasteiger partial charge in [-0.2, -0.15) is 0 Å². The third-order valence-electron chi connectivity index (χ3n) is 5.64. The molecular weight excluding hydrogens is 384 g/mol. The zero-order valence-corrected chi connectivity index (χ0v) is 17.0. The minimum atomic E-state index is -0.811. The van der Waals surface area contributed by atoms with Crippen LogP contribution < -0.4 is 10.1 Å². The zero-order valence-electron chi connectivity index (χ0n) is 17.0. The quantitative estimate of drug-likeness (QED) is 0.734. The van der Waals surface area contributed by atoms with E-state index in [0.717, 1.165) is 30.0 Å². The number of hydrogen-bond donors (Lipinski definition) is 1. The van der Waals surface area contributed by atoms with Gasteiger partial charge in [0.2, 0.25) is 0 Å². The number of esters is 1. The average Bonchev–Trinajstić information content (AvgIpc) is 2.80. The van der Waals surface area contributed by atoms with Crippen molar-refractivity contribution in [3.8, 4) is 5.75 Å². The Bertz CT molecular complexity index is 893. The molecule has 0 aromatic heterocycles. The molecule has 4 rings (SSSR count). The van der Waals surface area contributed by atoms with Crippen molar-refractivity contribution in [3.63, 3.8) is 0 Å². The molecule has 1 N–H and O–H groups in total. The van der Waals surface area contributed by atoms with Gasteiger partial charge in [-0.3, -0.25) is 9.69 Å². The molecule has 30 heavy (non-hydrogen) atoms. The van der Waals surface area contributed by atoms with E-state index >= 15 is 0 Å². The predicted octanol–water partition coefficient (Wildman–Crippen LogP) is 1.97. The largest absolute Gasteiger partial charge is 0.497 e. The van der Waals surface area contributed by atoms with Crippen LogP contribution in [0.3, 0.4) is 0 Å². The standard InChI is InChI=1S/C23H26N2O5/c1-28-18-8-6-16(7-9-18)20(25-10-12-29-13-11-25)15-24-22(26)21-14-17-4-2-3-5-19(17)23(27)30-21/h2-9,20-21H,10-15H2,1H3,(H,24,26)/t20-,21+/m1/s1. The van der Waals surface area contributed by atoms with Gasteiger partial charge in [-0.1, -0.05) is 30.3 Å². The first-order chi connectivity index (χ1) is 14.7. The highest BCUT2D eigenvalue weighted by Crippen LogP contribution is 2.24. The number of amides is 1. The summed E-state index contributed by atoms with van der Waals surface area (Å²) < 4.78 is 16.1. The number of carbonyl (C=O) groups is 2. The van der Waals surface area contributed by atoms with Crippen molar-refractivity contribution in [1.29, 1.82) is 0 Å². The Morgan fingerprint density at radius 2 is 1.90 bits per heavy atom. The first-order valence-electron chi connectivity index (χ1n) is 10.2. The lowest BCUT2D eigenvalue weighted by molar-refractivity contribution is -0.130. The van der Waals surface area contributed by atoms with E-state index in [-0.39, 0.29) is 11.9 Å². The van der Waals surface area contributed by atoms with Gasteiger partial charge in [0.05, 0.1) is 31.9 Å². The van der Waals surface area contributed by atoms with Crippen LogP contribution in [0.15, 0.2) is 48.5 Å². The molecule has 0 spiro atoms. The van der Waals surface area contributed by atoms with E-state index in [9.17, 15) is 9.59 Å². The molecule has 1 fully saturated rings. The number of nitrogens with zero attached hydrogens (tertiary/aromatic N) is 1. The van der Waals surface area contributed by atoms with Gasteiger partial charge in [-0.05, 0) is 29.3 Å². The van der Waals surface area contributed by atoms with Crippen LogP contribution in [0.25, 0.3) is 0 Å². The minimum Gasteiger partial charge on any atom is -0.497 e. The second kappa shape index (κ2) is 9.28. The molecular formula is C23H26N2O5. The lowest BCUT2D eigenvalue weighted by atomic mass is 9.98. The van der Waals surface area contributed by atoms with E-state index in [1.807, 2.05) is 36.4 Å². The summed E-state index contributed by atoms with van der Waals surface area (Å²) in [5.74, 6) is 0.0674. The number of hydrogen-bond acceptors (Lipinski definition) is 6. The Kier molecular flexibility index (Phi) is 6.30. The topological polar surface area (TPSA) is 77.1 Å². The Labute approximate surface area is 175 Å². The molecule has 1 amide bonds. The fourth-order valence-electron chi connectivity index (χ4n) is 3.96. The number of ether oxygens (including phenoxy) is 3. The van der Waals surface area contributed by atoms with E-state index in [1.54, 1.807) is 19.2 Å². The lowest BCUT2D eigenvalue weighted by Gasteiger charge is -2.35. The summed E-state index contributed by atoms with van der Waals surface area (Å²) in [6, 6.07) is 15.1. The molecule has 2 heterocycles. The van der Waals surface area contributed by atoms with E-state index < -0.39 is 12.1 Å². The van der Waals surface area contributed by atoms with Crippen LogP contribution in [-0.2, 0) is 20.7 Å². The van der Waals surface area contributed by atoms with Crippen molar-refractivity contribution in [2.75, 3.05) is 40.0 Å². The van der Waals surface area contributed by atoms with Crippen molar-refractivity contribution in [1.82, 2.24) is 10.2 Å². The fourth-order valence-corrected chi connectivity index (χ4v) is 3.96. The second-order valence-electron chi connectivity index (χ2n) is 7.44. The SMILES string of the molecule is COc1ccc([C@@H](CNC(=O)[C@@H]2Cc3ccccc3C(=O)O2)N2CCOCC2)cc1. The number of morpholine rings is 1. The maximum absolute atomic E-state index is 12.8. The normalized spacial score (nSPS) is 20.0. The smallest absolute Gasteiger partial charge is 0.339 e. The van der Waals surface area contributed by atoms with Gasteiger partial charge in [-0.25, -0.2) is 4.79 Å². The average molecular weight is 410 g/mol. The Morgan fingerprint density at radius 1 is 1.17 bits per heavy atom. The molecule has 2 aromatic carbocycles. The summed E-state index contributed by atoms with van der Waals surface area (Å²) in [5.41, 5.74) is 2.46. The number of cyclic esters (lactones) is 1. The summed E-state index contributed by atoms with van der Waals surface area (Å²) in [5, 5.41) is 3.00. The fraction of sp³-hybridized carbons (Fsp3) is 0.391. The zero-order chi connectivity index (χ0) is 20.9. The minimum absolute atomic E-state index is 0.00432. The van der Waals surface area contributed by atoms with Crippen LogP contribution >= 0.6 is 0 Å². The Morgan fingerprint density at radius 3 is 2.63 bits per heavy atom. The highest BCUT2D eigenvalue weighted by Gasteiger charge is 2.32. The monoisotopic (exact) mass is 410 g/mol. The molecule has 158 valence electrons. The maximum atomic E-state index is 12.8. The number of methoxy groups -OCH3 is 1. The number of carbonyl (C=O) groups excluding carboxylic acids is 2. The molecule has 7 heteroatoms. The molecule has 2 aliphatic rings. The number of benzene rings is 2. The molecule has 2 aromatic rings. The van der Waals surface area contributed by atoms with E-state index in [4.69, 9.17) is 14.2 Å². The van der Waals surface area contributed by atoms with Crippen molar-refractivity contribution in [2.24, 2.45) is 0 Å². The van der Waals surface area contributed by atoms with Gasteiger partial charge in [-0.15, -0.1) is 0 Å².